The third kappa shape index (κ3) is 4.15. The molecule has 4 N–H and O–H groups in total. The molecule has 0 saturated heterocycles. The zero-order chi connectivity index (χ0) is 27.3. The van der Waals surface area contributed by atoms with Gasteiger partial charge in [-0.25, -0.2) is 23.8 Å². The van der Waals surface area contributed by atoms with Crippen molar-refractivity contribution in [3.8, 4) is 11.1 Å². The van der Waals surface area contributed by atoms with Gasteiger partial charge in [0.15, 0.2) is 5.65 Å². The number of nitrogens with zero attached hydrogens (tertiary/aromatic N) is 4. The van der Waals surface area contributed by atoms with Gasteiger partial charge in [0.1, 0.15) is 35.5 Å². The Hall–Kier alpha value is -4.83. The lowest BCUT2D eigenvalue weighted by atomic mass is 9.95. The van der Waals surface area contributed by atoms with Gasteiger partial charge in [-0.2, -0.15) is 5.10 Å². The van der Waals surface area contributed by atoms with E-state index >= 15 is 0 Å². The Bertz CT molecular complexity index is 1870. The number of anilines is 2. The topological polar surface area (TPSA) is 132 Å². The number of rotatable bonds is 5. The molecule has 0 spiro atoms. The summed E-state index contributed by atoms with van der Waals surface area (Å²) < 4.78 is 21.9. The third-order valence-corrected chi connectivity index (χ3v) is 6.97. The van der Waals surface area contributed by atoms with E-state index in [0.29, 0.717) is 33.4 Å². The average Bonchev–Trinajstić information content (AvgIpc) is 3.33. The molecule has 3 aromatic heterocycles. The maximum atomic E-state index is 14.3. The summed E-state index contributed by atoms with van der Waals surface area (Å²) in [5.74, 6) is -0.0216. The van der Waals surface area contributed by atoms with Crippen molar-refractivity contribution in [1.29, 1.82) is 0 Å². The first-order valence-corrected chi connectivity index (χ1v) is 12.4. The number of aliphatic hydroxyl groups is 1. The number of nitrogens with one attached hydrogen (secondary N) is 1. The summed E-state index contributed by atoms with van der Waals surface area (Å²) in [7, 11) is 1.84. The van der Waals surface area contributed by atoms with Crippen molar-refractivity contribution in [1.82, 2.24) is 19.7 Å². The quantitative estimate of drug-likeness (QED) is 0.298. The van der Waals surface area contributed by atoms with Crippen LogP contribution in [0.4, 0.5) is 15.9 Å². The monoisotopic (exact) mass is 524 g/mol. The Morgan fingerprint density at radius 3 is 2.74 bits per heavy atom. The van der Waals surface area contributed by atoms with Crippen LogP contribution in [0.15, 0.2) is 82.0 Å². The van der Waals surface area contributed by atoms with Gasteiger partial charge in [0.2, 0.25) is 0 Å². The van der Waals surface area contributed by atoms with Crippen LogP contribution in [0.25, 0.3) is 38.5 Å². The van der Waals surface area contributed by atoms with Crippen molar-refractivity contribution in [2.75, 3.05) is 18.1 Å². The highest BCUT2D eigenvalue weighted by molar-refractivity contribution is 5.98. The molecule has 0 bridgehead atoms. The summed E-state index contributed by atoms with van der Waals surface area (Å²) in [5, 5.41) is 19.7. The highest BCUT2D eigenvalue weighted by Crippen LogP contribution is 2.39. The van der Waals surface area contributed by atoms with E-state index in [1.54, 1.807) is 16.8 Å². The Labute approximate surface area is 222 Å². The van der Waals surface area contributed by atoms with Crippen molar-refractivity contribution in [3.05, 3.63) is 94.7 Å². The SMILES string of the molecule is CNc1cccc(-c2c(C(C)n3nc(C4=CC(F)=CC(O)C4)c4c(N)ncnc43)oc(=O)c3ccccc23)c1. The van der Waals surface area contributed by atoms with Crippen LogP contribution in [0.2, 0.25) is 0 Å². The molecular formula is C29H25FN6O3. The molecule has 0 amide bonds. The largest absolute Gasteiger partial charge is 0.424 e. The highest BCUT2D eigenvalue weighted by atomic mass is 19.1. The lowest BCUT2D eigenvalue weighted by Crippen LogP contribution is -2.15. The first kappa shape index (κ1) is 24.5. The lowest BCUT2D eigenvalue weighted by Gasteiger charge is -2.18. The van der Waals surface area contributed by atoms with Gasteiger partial charge >= 0.3 is 5.63 Å². The van der Waals surface area contributed by atoms with Gasteiger partial charge in [0.05, 0.1) is 16.9 Å². The summed E-state index contributed by atoms with van der Waals surface area (Å²) in [6, 6.07) is 14.5. The number of aromatic nitrogens is 4. The first-order chi connectivity index (χ1) is 18.9. The standard InChI is InChI=1S/C29H25FN6O3/c1-15(36-28-24(27(31)33-14-34-28)25(35-36)17-10-18(30)13-20(37)12-17)26-23(16-6-5-7-19(11-16)32-2)21-8-3-4-9-22(21)29(38)39-26/h3-11,13-15,20,32,37H,12H2,1-2H3,(H2,31,33,34). The fraction of sp³-hybridized carbons (Fsp3) is 0.172. The maximum absolute atomic E-state index is 14.3. The lowest BCUT2D eigenvalue weighted by molar-refractivity contribution is 0.225. The van der Waals surface area contributed by atoms with Crippen molar-refractivity contribution in [3.63, 3.8) is 0 Å². The molecule has 5 aromatic rings. The molecule has 2 aromatic carbocycles. The average molecular weight is 525 g/mol. The molecule has 0 aliphatic heterocycles. The second-order valence-corrected chi connectivity index (χ2v) is 9.42. The molecule has 39 heavy (non-hydrogen) atoms. The van der Waals surface area contributed by atoms with Crippen LogP contribution < -0.4 is 16.7 Å². The van der Waals surface area contributed by atoms with Crippen LogP contribution in [-0.2, 0) is 0 Å². The molecule has 10 heteroatoms. The van der Waals surface area contributed by atoms with E-state index in [2.05, 4.69) is 15.3 Å². The minimum atomic E-state index is -1.00. The number of hydrogen-bond donors (Lipinski definition) is 3. The maximum Gasteiger partial charge on any atom is 0.343 e. The van der Waals surface area contributed by atoms with Crippen molar-refractivity contribution >= 4 is 38.9 Å². The molecule has 9 nitrogen and oxygen atoms in total. The van der Waals surface area contributed by atoms with Crippen LogP contribution in [0.5, 0.6) is 0 Å². The number of hydrogen-bond acceptors (Lipinski definition) is 8. The van der Waals surface area contributed by atoms with Gasteiger partial charge in [-0.05, 0) is 48.4 Å². The molecular weight excluding hydrogens is 499 g/mol. The summed E-state index contributed by atoms with van der Waals surface area (Å²) >= 11 is 0. The Balaban J connectivity index is 1.62. The Morgan fingerprint density at radius 2 is 1.97 bits per heavy atom. The molecule has 6 rings (SSSR count). The molecule has 2 unspecified atom stereocenters. The number of fused-ring (bicyclic) bond motifs is 2. The van der Waals surface area contributed by atoms with Crippen molar-refractivity contribution < 1.29 is 13.9 Å². The summed E-state index contributed by atoms with van der Waals surface area (Å²) in [6.45, 7) is 1.84. The fourth-order valence-electron chi connectivity index (χ4n) is 5.15. The van der Waals surface area contributed by atoms with E-state index in [4.69, 9.17) is 15.2 Å². The van der Waals surface area contributed by atoms with Gasteiger partial charge in [-0.1, -0.05) is 30.3 Å². The van der Waals surface area contributed by atoms with Gasteiger partial charge in [-0.15, -0.1) is 0 Å². The molecule has 0 fully saturated rings. The van der Waals surface area contributed by atoms with Crippen molar-refractivity contribution in [2.45, 2.75) is 25.5 Å². The van der Waals surface area contributed by atoms with Crippen LogP contribution in [-0.4, -0.2) is 38.0 Å². The van der Waals surface area contributed by atoms with Crippen LogP contribution in [0, 0.1) is 0 Å². The van der Waals surface area contributed by atoms with Gasteiger partial charge in [0.25, 0.3) is 0 Å². The normalized spacial score (nSPS) is 16.3. The number of nitrogen functional groups attached to an aromatic ring is 1. The van der Waals surface area contributed by atoms with E-state index in [-0.39, 0.29) is 12.2 Å². The zero-order valence-corrected chi connectivity index (χ0v) is 21.2. The Morgan fingerprint density at radius 1 is 1.18 bits per heavy atom. The van der Waals surface area contributed by atoms with Gasteiger partial charge in [0, 0.05) is 30.1 Å². The summed E-state index contributed by atoms with van der Waals surface area (Å²) in [6.07, 6.45) is 2.93. The van der Waals surface area contributed by atoms with Crippen LogP contribution in [0.1, 0.15) is 30.8 Å². The summed E-state index contributed by atoms with van der Waals surface area (Å²) in [5.41, 5.74) is 9.47. The Kier molecular flexibility index (Phi) is 5.96. The second-order valence-electron chi connectivity index (χ2n) is 9.42. The van der Waals surface area contributed by atoms with Gasteiger partial charge in [-0.3, -0.25) is 0 Å². The summed E-state index contributed by atoms with van der Waals surface area (Å²) in [4.78, 5) is 21.7. The van der Waals surface area contributed by atoms with Crippen LogP contribution >= 0.6 is 0 Å². The molecule has 2 atom stereocenters. The van der Waals surface area contributed by atoms with E-state index in [1.807, 2.05) is 50.4 Å². The van der Waals surface area contributed by atoms with Gasteiger partial charge < -0.3 is 20.6 Å². The third-order valence-electron chi connectivity index (χ3n) is 6.97. The number of halogens is 1. The number of benzene rings is 2. The van der Waals surface area contributed by atoms with Crippen molar-refractivity contribution in [2.24, 2.45) is 0 Å². The predicted octanol–water partition coefficient (Wildman–Crippen LogP) is 4.83. The molecule has 1 aliphatic rings. The van der Waals surface area contributed by atoms with E-state index in [9.17, 15) is 14.3 Å². The minimum Gasteiger partial charge on any atom is -0.424 e. The zero-order valence-electron chi connectivity index (χ0n) is 21.2. The van der Waals surface area contributed by atoms with E-state index in [0.717, 1.165) is 28.3 Å². The molecule has 0 saturated carbocycles. The predicted molar refractivity (Wildman–Crippen MR) is 149 cm³/mol. The molecule has 3 heterocycles. The fourth-order valence-corrected chi connectivity index (χ4v) is 5.15. The highest BCUT2D eigenvalue weighted by Gasteiger charge is 2.28. The van der Waals surface area contributed by atoms with Crippen LogP contribution in [0.3, 0.4) is 0 Å². The van der Waals surface area contributed by atoms with E-state index in [1.165, 1.54) is 12.4 Å². The minimum absolute atomic E-state index is 0.148. The number of aliphatic hydroxyl groups excluding tert-OH is 1. The smallest absolute Gasteiger partial charge is 0.343 e. The number of allylic oxidation sites excluding steroid dienone is 2. The molecule has 0 radical (unpaired) electrons. The first-order valence-electron chi connectivity index (χ1n) is 12.4. The molecule has 1 aliphatic carbocycles. The number of nitrogens with two attached hydrogens (primary N) is 1. The second kappa shape index (κ2) is 9.48. The van der Waals surface area contributed by atoms with E-state index < -0.39 is 23.6 Å². The molecule has 196 valence electrons.